The highest BCUT2D eigenvalue weighted by atomic mass is 16.4. The maximum absolute atomic E-state index is 12.6. The number of nitrogens with zero attached hydrogens (tertiary/aromatic N) is 2. The molecule has 2 heterocycles. The number of hydrogen-bond donors (Lipinski definition) is 1. The van der Waals surface area contributed by atoms with Gasteiger partial charge in [-0.25, -0.2) is 9.78 Å². The molecule has 152 valence electrons. The number of aromatic carboxylic acids is 1. The van der Waals surface area contributed by atoms with E-state index in [0.29, 0.717) is 28.1 Å². The summed E-state index contributed by atoms with van der Waals surface area (Å²) >= 11 is 0. The van der Waals surface area contributed by atoms with Crippen LogP contribution in [0.3, 0.4) is 0 Å². The molecule has 1 fully saturated rings. The van der Waals surface area contributed by atoms with Crippen LogP contribution in [0.15, 0.2) is 51.9 Å². The monoisotopic (exact) mass is 402 g/mol. The van der Waals surface area contributed by atoms with E-state index in [-0.39, 0.29) is 11.0 Å². The van der Waals surface area contributed by atoms with Crippen molar-refractivity contribution in [3.8, 4) is 11.4 Å². The molecule has 0 unspecified atom stereocenters. The van der Waals surface area contributed by atoms with Crippen molar-refractivity contribution in [2.24, 2.45) is 0 Å². The largest absolute Gasteiger partial charge is 0.478 e. The molecular weight excluding hydrogens is 380 g/mol. The summed E-state index contributed by atoms with van der Waals surface area (Å²) in [6.45, 7) is 1.74. The van der Waals surface area contributed by atoms with E-state index in [4.69, 9.17) is 9.40 Å². The molecule has 0 atom stereocenters. The standard InChI is InChI=1S/C24H22N2O4/c1-14-13-30-21-10-8-15(11-18(21)22(14)27)23-25-19-12-16(24(28)29)7-9-20(19)26(23)17-5-3-2-4-6-17/h7-13,17H,2-6H2,1H3,(H,28,29). The van der Waals surface area contributed by atoms with Crippen molar-refractivity contribution in [1.82, 2.24) is 9.55 Å². The molecule has 6 nitrogen and oxygen atoms in total. The third kappa shape index (κ3) is 3.00. The number of hydrogen-bond acceptors (Lipinski definition) is 4. The number of carbonyl (C=O) groups is 1. The Balaban J connectivity index is 1.76. The van der Waals surface area contributed by atoms with Crippen LogP contribution in [0.25, 0.3) is 33.4 Å². The predicted molar refractivity (Wildman–Crippen MR) is 115 cm³/mol. The van der Waals surface area contributed by atoms with Crippen LogP contribution < -0.4 is 5.43 Å². The minimum absolute atomic E-state index is 0.0495. The van der Waals surface area contributed by atoms with E-state index in [9.17, 15) is 14.7 Å². The zero-order chi connectivity index (χ0) is 20.8. The van der Waals surface area contributed by atoms with Crippen molar-refractivity contribution in [2.75, 3.05) is 0 Å². The van der Waals surface area contributed by atoms with Crippen molar-refractivity contribution in [3.05, 3.63) is 64.0 Å². The third-order valence-electron chi connectivity index (χ3n) is 6.08. The van der Waals surface area contributed by atoms with E-state index in [2.05, 4.69) is 4.57 Å². The SMILES string of the molecule is Cc1coc2ccc(-c3nc4cc(C(=O)O)ccc4n3C3CCCCC3)cc2c1=O. The van der Waals surface area contributed by atoms with E-state index >= 15 is 0 Å². The van der Waals surface area contributed by atoms with Gasteiger partial charge in [0, 0.05) is 17.2 Å². The van der Waals surface area contributed by atoms with Gasteiger partial charge in [-0.15, -0.1) is 0 Å². The number of benzene rings is 2. The lowest BCUT2D eigenvalue weighted by Gasteiger charge is -2.25. The summed E-state index contributed by atoms with van der Waals surface area (Å²) in [5, 5.41) is 9.91. The summed E-state index contributed by atoms with van der Waals surface area (Å²) in [6, 6.07) is 11.0. The molecule has 1 aliphatic carbocycles. The molecular formula is C24H22N2O4. The first-order valence-electron chi connectivity index (χ1n) is 10.3. The van der Waals surface area contributed by atoms with Crippen LogP contribution in [-0.2, 0) is 0 Å². The Bertz CT molecular complexity index is 1340. The molecule has 6 heteroatoms. The highest BCUT2D eigenvalue weighted by Gasteiger charge is 2.23. The molecule has 0 radical (unpaired) electrons. The molecule has 2 aromatic carbocycles. The smallest absolute Gasteiger partial charge is 0.335 e. The number of rotatable bonds is 3. The van der Waals surface area contributed by atoms with Gasteiger partial charge in [0.15, 0.2) is 5.43 Å². The van der Waals surface area contributed by atoms with Gasteiger partial charge in [0.25, 0.3) is 0 Å². The van der Waals surface area contributed by atoms with Crippen LogP contribution >= 0.6 is 0 Å². The van der Waals surface area contributed by atoms with Gasteiger partial charge in [0.05, 0.1) is 28.2 Å². The van der Waals surface area contributed by atoms with Crippen LogP contribution in [-0.4, -0.2) is 20.6 Å². The van der Waals surface area contributed by atoms with E-state index < -0.39 is 5.97 Å². The molecule has 1 N–H and O–H groups in total. The van der Waals surface area contributed by atoms with Gasteiger partial charge in [-0.3, -0.25) is 4.79 Å². The zero-order valence-electron chi connectivity index (χ0n) is 16.7. The minimum Gasteiger partial charge on any atom is -0.478 e. The maximum atomic E-state index is 12.6. The van der Waals surface area contributed by atoms with E-state index in [1.807, 2.05) is 18.2 Å². The fraction of sp³-hybridized carbons (Fsp3) is 0.292. The second-order valence-corrected chi connectivity index (χ2v) is 8.06. The number of aromatic nitrogens is 2. The van der Waals surface area contributed by atoms with Gasteiger partial charge in [-0.1, -0.05) is 19.3 Å². The van der Waals surface area contributed by atoms with E-state index in [0.717, 1.165) is 42.6 Å². The van der Waals surface area contributed by atoms with Crippen molar-refractivity contribution < 1.29 is 14.3 Å². The lowest BCUT2D eigenvalue weighted by molar-refractivity contribution is 0.0697. The zero-order valence-corrected chi connectivity index (χ0v) is 16.7. The summed E-state index contributed by atoms with van der Waals surface area (Å²) in [4.78, 5) is 28.9. The first kappa shape index (κ1) is 18.6. The fourth-order valence-corrected chi connectivity index (χ4v) is 4.51. The van der Waals surface area contributed by atoms with Crippen LogP contribution in [0.4, 0.5) is 0 Å². The fourth-order valence-electron chi connectivity index (χ4n) is 4.51. The van der Waals surface area contributed by atoms with Crippen molar-refractivity contribution in [3.63, 3.8) is 0 Å². The molecule has 0 saturated heterocycles. The molecule has 1 aliphatic rings. The van der Waals surface area contributed by atoms with Gasteiger partial charge >= 0.3 is 5.97 Å². The van der Waals surface area contributed by atoms with E-state index in [1.54, 1.807) is 25.1 Å². The van der Waals surface area contributed by atoms with Crippen molar-refractivity contribution in [2.45, 2.75) is 45.1 Å². The number of fused-ring (bicyclic) bond motifs is 2. The van der Waals surface area contributed by atoms with Crippen LogP contribution in [0.1, 0.15) is 54.1 Å². The quantitative estimate of drug-likeness (QED) is 0.501. The van der Waals surface area contributed by atoms with Gasteiger partial charge < -0.3 is 14.1 Å². The number of imidazole rings is 1. The first-order valence-corrected chi connectivity index (χ1v) is 10.3. The maximum Gasteiger partial charge on any atom is 0.335 e. The average molecular weight is 402 g/mol. The Hall–Kier alpha value is -3.41. The van der Waals surface area contributed by atoms with Gasteiger partial charge in [-0.2, -0.15) is 0 Å². The Morgan fingerprint density at radius 1 is 1.13 bits per heavy atom. The first-order chi connectivity index (χ1) is 14.5. The Morgan fingerprint density at radius 2 is 1.93 bits per heavy atom. The molecule has 30 heavy (non-hydrogen) atoms. The topological polar surface area (TPSA) is 85.3 Å². The number of aryl methyl sites for hydroxylation is 1. The molecule has 1 saturated carbocycles. The molecule has 0 aliphatic heterocycles. The molecule has 2 aromatic heterocycles. The number of carboxylic acid groups (broad SMARTS) is 1. The molecule has 0 bridgehead atoms. The summed E-state index contributed by atoms with van der Waals surface area (Å²) < 4.78 is 7.80. The second-order valence-electron chi connectivity index (χ2n) is 8.06. The summed E-state index contributed by atoms with van der Waals surface area (Å²) in [7, 11) is 0. The van der Waals surface area contributed by atoms with Gasteiger partial charge in [0.1, 0.15) is 11.4 Å². The third-order valence-corrected chi connectivity index (χ3v) is 6.08. The summed E-state index contributed by atoms with van der Waals surface area (Å²) in [6.07, 6.45) is 7.17. The van der Waals surface area contributed by atoms with Crippen LogP contribution in [0, 0.1) is 6.92 Å². The predicted octanol–water partition coefficient (Wildman–Crippen LogP) is 5.32. The van der Waals surface area contributed by atoms with Crippen LogP contribution in [0.5, 0.6) is 0 Å². The minimum atomic E-state index is -0.968. The van der Waals surface area contributed by atoms with Crippen LogP contribution in [0.2, 0.25) is 0 Å². The normalized spacial score (nSPS) is 15.1. The van der Waals surface area contributed by atoms with Crippen molar-refractivity contribution in [1.29, 1.82) is 0 Å². The Kier molecular flexibility index (Phi) is 4.42. The lowest BCUT2D eigenvalue weighted by atomic mass is 9.94. The average Bonchev–Trinajstić information content (AvgIpc) is 3.15. The van der Waals surface area contributed by atoms with Crippen molar-refractivity contribution >= 4 is 28.0 Å². The summed E-state index contributed by atoms with van der Waals surface area (Å²) in [5.74, 6) is -0.202. The van der Waals surface area contributed by atoms with Gasteiger partial charge in [0.2, 0.25) is 0 Å². The second kappa shape index (κ2) is 7.13. The Morgan fingerprint density at radius 3 is 2.70 bits per heavy atom. The molecule has 0 spiro atoms. The van der Waals surface area contributed by atoms with Gasteiger partial charge in [-0.05, 0) is 56.2 Å². The summed E-state index contributed by atoms with van der Waals surface area (Å²) in [5.41, 5.74) is 3.70. The molecule has 5 rings (SSSR count). The Labute approximate surface area is 172 Å². The highest BCUT2D eigenvalue weighted by Crippen LogP contribution is 2.36. The highest BCUT2D eigenvalue weighted by molar-refractivity contribution is 5.93. The van der Waals surface area contributed by atoms with E-state index in [1.165, 1.54) is 12.7 Å². The number of carboxylic acids is 1. The lowest BCUT2D eigenvalue weighted by Crippen LogP contribution is -2.14. The molecule has 4 aromatic rings. The molecule has 0 amide bonds.